The molecule has 0 aliphatic carbocycles. The van der Waals surface area contributed by atoms with Crippen molar-refractivity contribution in [2.75, 3.05) is 13.1 Å². The molecule has 0 bridgehead atoms. The van der Waals surface area contributed by atoms with E-state index in [2.05, 4.69) is 22.0 Å². The number of aryl methyl sites for hydroxylation is 2. The summed E-state index contributed by atoms with van der Waals surface area (Å²) in [5.41, 5.74) is 4.76. The van der Waals surface area contributed by atoms with Crippen molar-refractivity contribution in [3.8, 4) is 11.3 Å². The van der Waals surface area contributed by atoms with E-state index < -0.39 is 0 Å². The van der Waals surface area contributed by atoms with Gasteiger partial charge >= 0.3 is 0 Å². The summed E-state index contributed by atoms with van der Waals surface area (Å²) in [5.74, 6) is 0.660. The first-order chi connectivity index (χ1) is 12.2. The Morgan fingerprint density at radius 3 is 2.54 bits per heavy atom. The van der Waals surface area contributed by atoms with Crippen molar-refractivity contribution < 1.29 is 4.79 Å². The van der Waals surface area contributed by atoms with Crippen molar-refractivity contribution in [2.24, 2.45) is 18.4 Å². The monoisotopic (exact) mass is 355 g/mol. The smallest absolute Gasteiger partial charge is 0.227 e. The average Bonchev–Trinajstić information content (AvgIpc) is 3.12. The van der Waals surface area contributed by atoms with E-state index in [-0.39, 0.29) is 11.3 Å². The fraction of sp³-hybridized carbons (Fsp3) is 0.600. The summed E-state index contributed by atoms with van der Waals surface area (Å²) < 4.78 is 1.89. The predicted molar refractivity (Wildman–Crippen MR) is 102 cm³/mol. The molecule has 1 aliphatic rings. The van der Waals surface area contributed by atoms with E-state index in [1.807, 2.05) is 44.3 Å². The molecule has 3 heterocycles. The zero-order valence-electron chi connectivity index (χ0n) is 16.7. The molecule has 1 saturated heterocycles. The molecular formula is C20H29N5O. The van der Waals surface area contributed by atoms with Crippen molar-refractivity contribution in [1.82, 2.24) is 24.6 Å². The first-order valence-electron chi connectivity index (χ1n) is 9.28. The summed E-state index contributed by atoms with van der Waals surface area (Å²) >= 11 is 0. The maximum atomic E-state index is 12.5. The molecule has 3 rings (SSSR count). The summed E-state index contributed by atoms with van der Waals surface area (Å²) in [4.78, 5) is 23.8. The molecule has 1 amide bonds. The summed E-state index contributed by atoms with van der Waals surface area (Å²) in [7, 11) is 1.95. The fourth-order valence-electron chi connectivity index (χ4n) is 3.77. The average molecular weight is 355 g/mol. The van der Waals surface area contributed by atoms with Gasteiger partial charge in [0.1, 0.15) is 0 Å². The summed E-state index contributed by atoms with van der Waals surface area (Å²) in [6.07, 6.45) is 5.36. The van der Waals surface area contributed by atoms with Gasteiger partial charge in [-0.15, -0.1) is 0 Å². The molecule has 6 heteroatoms. The van der Waals surface area contributed by atoms with Crippen LogP contribution in [0, 0.1) is 25.2 Å². The topological polar surface area (TPSA) is 63.9 Å². The van der Waals surface area contributed by atoms with E-state index in [0.717, 1.165) is 54.3 Å². The minimum atomic E-state index is -0.323. The lowest BCUT2D eigenvalue weighted by Crippen LogP contribution is -2.38. The lowest BCUT2D eigenvalue weighted by Gasteiger charge is -2.25. The van der Waals surface area contributed by atoms with Gasteiger partial charge in [-0.3, -0.25) is 19.4 Å². The lowest BCUT2D eigenvalue weighted by atomic mass is 9.94. The number of hydrogen-bond donors (Lipinski definition) is 0. The van der Waals surface area contributed by atoms with Crippen LogP contribution in [0.2, 0.25) is 0 Å². The highest BCUT2D eigenvalue weighted by molar-refractivity contribution is 5.81. The van der Waals surface area contributed by atoms with Crippen LogP contribution in [0.4, 0.5) is 0 Å². The number of aromatic nitrogens is 4. The molecule has 26 heavy (non-hydrogen) atoms. The Labute approximate surface area is 155 Å². The summed E-state index contributed by atoms with van der Waals surface area (Å²) in [6, 6.07) is 0. The quantitative estimate of drug-likeness (QED) is 0.849. The van der Waals surface area contributed by atoms with Crippen LogP contribution < -0.4 is 0 Å². The number of rotatable bonds is 3. The normalized spacial score (nSPS) is 17.8. The van der Waals surface area contributed by atoms with Gasteiger partial charge in [0.2, 0.25) is 5.91 Å². The van der Waals surface area contributed by atoms with Crippen LogP contribution in [0.25, 0.3) is 11.3 Å². The Kier molecular flexibility index (Phi) is 4.86. The molecule has 140 valence electrons. The second-order valence-electron chi connectivity index (χ2n) is 8.38. The van der Waals surface area contributed by atoms with Gasteiger partial charge in [-0.1, -0.05) is 20.8 Å². The number of carbonyl (C=O) groups is 1. The number of nitrogens with zero attached hydrogens (tertiary/aromatic N) is 5. The van der Waals surface area contributed by atoms with Crippen LogP contribution >= 0.6 is 0 Å². The van der Waals surface area contributed by atoms with E-state index in [1.165, 1.54) is 0 Å². The molecule has 0 N–H and O–H groups in total. The first-order valence-corrected chi connectivity index (χ1v) is 9.28. The third-order valence-corrected chi connectivity index (χ3v) is 5.22. The van der Waals surface area contributed by atoms with Crippen LogP contribution in [0.15, 0.2) is 12.4 Å². The SMILES string of the molecule is Cc1nn(C)c(C)c1-c1nccnc1C[C@@H]1CCN(C(=O)C(C)(C)C)C1. The van der Waals surface area contributed by atoms with Gasteiger partial charge in [0.05, 0.1) is 17.1 Å². The minimum absolute atomic E-state index is 0.235. The Bertz CT molecular complexity index is 818. The Balaban J connectivity index is 1.81. The molecule has 2 aromatic rings. The Hall–Kier alpha value is -2.24. The van der Waals surface area contributed by atoms with Gasteiger partial charge in [-0.2, -0.15) is 5.10 Å². The van der Waals surface area contributed by atoms with Crippen molar-refractivity contribution in [2.45, 2.75) is 47.5 Å². The zero-order valence-corrected chi connectivity index (χ0v) is 16.7. The standard InChI is InChI=1S/C20H29N5O/c1-13-17(14(2)24(6)23-13)18-16(21-8-9-22-18)11-15-7-10-25(12-15)19(26)20(3,4)5/h8-9,15H,7,10-12H2,1-6H3/t15-/m0/s1. The molecule has 0 radical (unpaired) electrons. The predicted octanol–water partition coefficient (Wildman–Crippen LogP) is 2.93. The van der Waals surface area contributed by atoms with Crippen LogP contribution in [-0.2, 0) is 18.3 Å². The van der Waals surface area contributed by atoms with Crippen LogP contribution in [0.5, 0.6) is 0 Å². The molecule has 0 unspecified atom stereocenters. The second-order valence-corrected chi connectivity index (χ2v) is 8.38. The maximum Gasteiger partial charge on any atom is 0.227 e. The maximum absolute atomic E-state index is 12.5. The highest BCUT2D eigenvalue weighted by Gasteiger charge is 2.33. The minimum Gasteiger partial charge on any atom is -0.342 e. The highest BCUT2D eigenvalue weighted by atomic mass is 16.2. The fourth-order valence-corrected chi connectivity index (χ4v) is 3.77. The Morgan fingerprint density at radius 1 is 1.23 bits per heavy atom. The molecule has 1 aliphatic heterocycles. The Morgan fingerprint density at radius 2 is 1.92 bits per heavy atom. The zero-order chi connectivity index (χ0) is 19.1. The highest BCUT2D eigenvalue weighted by Crippen LogP contribution is 2.30. The molecule has 1 atom stereocenters. The van der Waals surface area contributed by atoms with Crippen molar-refractivity contribution in [3.05, 3.63) is 29.5 Å². The van der Waals surface area contributed by atoms with E-state index in [1.54, 1.807) is 12.4 Å². The molecule has 2 aromatic heterocycles. The second kappa shape index (κ2) is 6.82. The van der Waals surface area contributed by atoms with Gasteiger partial charge in [0, 0.05) is 49.2 Å². The summed E-state index contributed by atoms with van der Waals surface area (Å²) in [6.45, 7) is 11.7. The number of carbonyl (C=O) groups excluding carboxylic acids is 1. The first kappa shape index (κ1) is 18.5. The van der Waals surface area contributed by atoms with E-state index in [9.17, 15) is 4.79 Å². The van der Waals surface area contributed by atoms with Crippen LogP contribution in [0.1, 0.15) is 44.3 Å². The van der Waals surface area contributed by atoms with Gasteiger partial charge in [0.15, 0.2) is 0 Å². The molecule has 0 aromatic carbocycles. The number of likely N-dealkylation sites (tertiary alicyclic amines) is 1. The molecular weight excluding hydrogens is 326 g/mol. The molecule has 0 spiro atoms. The number of amides is 1. The van der Waals surface area contributed by atoms with Gasteiger partial charge < -0.3 is 4.90 Å². The van der Waals surface area contributed by atoms with E-state index >= 15 is 0 Å². The van der Waals surface area contributed by atoms with E-state index in [4.69, 9.17) is 0 Å². The molecule has 0 saturated carbocycles. The third-order valence-electron chi connectivity index (χ3n) is 5.22. The molecule has 6 nitrogen and oxygen atoms in total. The summed E-state index contributed by atoms with van der Waals surface area (Å²) in [5, 5.41) is 4.52. The van der Waals surface area contributed by atoms with Gasteiger partial charge in [0.25, 0.3) is 0 Å². The van der Waals surface area contributed by atoms with Crippen molar-refractivity contribution >= 4 is 5.91 Å². The van der Waals surface area contributed by atoms with Crippen LogP contribution in [-0.4, -0.2) is 43.6 Å². The lowest BCUT2D eigenvalue weighted by molar-refractivity contribution is -0.138. The number of hydrogen-bond acceptors (Lipinski definition) is 4. The van der Waals surface area contributed by atoms with Crippen molar-refractivity contribution in [3.63, 3.8) is 0 Å². The van der Waals surface area contributed by atoms with Crippen molar-refractivity contribution in [1.29, 1.82) is 0 Å². The van der Waals surface area contributed by atoms with Gasteiger partial charge in [-0.25, -0.2) is 0 Å². The molecule has 1 fully saturated rings. The third kappa shape index (κ3) is 3.50. The largest absolute Gasteiger partial charge is 0.342 e. The van der Waals surface area contributed by atoms with Gasteiger partial charge in [-0.05, 0) is 32.6 Å². The van der Waals surface area contributed by atoms with E-state index in [0.29, 0.717) is 5.92 Å². The van der Waals surface area contributed by atoms with Crippen LogP contribution in [0.3, 0.4) is 0 Å².